The molecule has 82 valence electrons. The first-order valence-corrected chi connectivity index (χ1v) is 6.27. The Morgan fingerprint density at radius 1 is 1.07 bits per heavy atom. The summed E-state index contributed by atoms with van der Waals surface area (Å²) in [4.78, 5) is 0. The second-order valence-electron chi connectivity index (χ2n) is 5.30. The molecule has 3 N–H and O–H groups in total. The minimum absolute atomic E-state index is 0.464. The number of nitrogens with two attached hydrogens (primary N) is 1. The molecular weight excluding hydrogens is 172 g/mol. The predicted molar refractivity (Wildman–Crippen MR) is 60.2 cm³/mol. The van der Waals surface area contributed by atoms with E-state index in [1.54, 1.807) is 0 Å². The molecule has 2 saturated carbocycles. The maximum atomic E-state index is 5.92. The molecule has 4 unspecified atom stereocenters. The lowest BCUT2D eigenvalue weighted by Gasteiger charge is -2.32. The maximum absolute atomic E-state index is 5.92. The van der Waals surface area contributed by atoms with Gasteiger partial charge < -0.3 is 11.1 Å². The van der Waals surface area contributed by atoms with Gasteiger partial charge >= 0.3 is 0 Å². The smallest absolute Gasteiger partial charge is 0.00952 e. The molecule has 2 nitrogen and oxygen atoms in total. The van der Waals surface area contributed by atoms with Gasteiger partial charge in [0.1, 0.15) is 0 Å². The van der Waals surface area contributed by atoms with Crippen molar-refractivity contribution < 1.29 is 0 Å². The Morgan fingerprint density at radius 2 is 1.86 bits per heavy atom. The molecule has 0 aromatic heterocycles. The molecule has 0 spiro atoms. The third-order valence-electron chi connectivity index (χ3n) is 4.03. The molecule has 0 aromatic rings. The normalized spacial score (nSPS) is 44.1. The van der Waals surface area contributed by atoms with Gasteiger partial charge in [-0.25, -0.2) is 0 Å². The summed E-state index contributed by atoms with van der Waals surface area (Å²) >= 11 is 0. The van der Waals surface area contributed by atoms with Gasteiger partial charge in [0.05, 0.1) is 0 Å². The van der Waals surface area contributed by atoms with Crippen molar-refractivity contribution in [1.82, 2.24) is 5.32 Å². The van der Waals surface area contributed by atoms with Crippen LogP contribution in [0.3, 0.4) is 0 Å². The van der Waals surface area contributed by atoms with E-state index in [0.717, 1.165) is 18.0 Å². The fourth-order valence-corrected chi connectivity index (χ4v) is 3.03. The van der Waals surface area contributed by atoms with Crippen molar-refractivity contribution >= 4 is 0 Å². The van der Waals surface area contributed by atoms with E-state index in [-0.39, 0.29) is 0 Å². The summed E-state index contributed by atoms with van der Waals surface area (Å²) < 4.78 is 0. The van der Waals surface area contributed by atoms with Crippen LogP contribution in [0.25, 0.3) is 0 Å². The van der Waals surface area contributed by atoms with E-state index in [4.69, 9.17) is 5.73 Å². The van der Waals surface area contributed by atoms with E-state index in [0.29, 0.717) is 6.04 Å². The molecule has 2 aliphatic carbocycles. The standard InChI is InChI=1S/C12H24N2/c1-9-4-2-3-5-12(9)14-11-7-6-10(13)8-11/h9-12,14H,2-8,13H2,1H3. The highest BCUT2D eigenvalue weighted by molar-refractivity contribution is 4.87. The van der Waals surface area contributed by atoms with Crippen LogP contribution >= 0.6 is 0 Å². The molecule has 4 atom stereocenters. The molecule has 0 aliphatic heterocycles. The predicted octanol–water partition coefficient (Wildman–Crippen LogP) is 2.03. The van der Waals surface area contributed by atoms with Crippen LogP contribution < -0.4 is 11.1 Å². The fourth-order valence-electron chi connectivity index (χ4n) is 3.03. The Bertz CT molecular complexity index is 181. The molecule has 0 aromatic carbocycles. The van der Waals surface area contributed by atoms with Gasteiger partial charge in [0.15, 0.2) is 0 Å². The van der Waals surface area contributed by atoms with E-state index < -0.39 is 0 Å². The van der Waals surface area contributed by atoms with E-state index in [2.05, 4.69) is 12.2 Å². The van der Waals surface area contributed by atoms with Crippen molar-refractivity contribution in [2.24, 2.45) is 11.7 Å². The first-order chi connectivity index (χ1) is 6.75. The van der Waals surface area contributed by atoms with Crippen LogP contribution in [0.2, 0.25) is 0 Å². The van der Waals surface area contributed by atoms with Crippen LogP contribution in [0.15, 0.2) is 0 Å². The van der Waals surface area contributed by atoms with Gasteiger partial charge in [-0.1, -0.05) is 19.8 Å². The Morgan fingerprint density at radius 3 is 2.50 bits per heavy atom. The Balaban J connectivity index is 1.78. The summed E-state index contributed by atoms with van der Waals surface area (Å²) in [5, 5.41) is 3.82. The topological polar surface area (TPSA) is 38.0 Å². The molecule has 0 amide bonds. The lowest BCUT2D eigenvalue weighted by molar-refractivity contribution is 0.258. The monoisotopic (exact) mass is 196 g/mol. The van der Waals surface area contributed by atoms with Gasteiger partial charge in [-0.3, -0.25) is 0 Å². The first kappa shape index (κ1) is 10.4. The highest BCUT2D eigenvalue weighted by Crippen LogP contribution is 2.26. The highest BCUT2D eigenvalue weighted by Gasteiger charge is 2.27. The lowest BCUT2D eigenvalue weighted by Crippen LogP contribution is -2.43. The summed E-state index contributed by atoms with van der Waals surface area (Å²) in [6.45, 7) is 2.39. The third-order valence-corrected chi connectivity index (χ3v) is 4.03. The van der Waals surface area contributed by atoms with Crippen molar-refractivity contribution in [2.75, 3.05) is 0 Å². The minimum atomic E-state index is 0.464. The number of hydrogen-bond donors (Lipinski definition) is 2. The van der Waals surface area contributed by atoms with Crippen LogP contribution in [0.4, 0.5) is 0 Å². The van der Waals surface area contributed by atoms with E-state index in [1.165, 1.54) is 44.9 Å². The Kier molecular flexibility index (Phi) is 3.45. The van der Waals surface area contributed by atoms with Gasteiger partial charge in [-0.05, 0) is 38.0 Å². The SMILES string of the molecule is CC1CCCCC1NC1CCC(N)C1. The van der Waals surface area contributed by atoms with Crippen molar-refractivity contribution in [3.05, 3.63) is 0 Å². The first-order valence-electron chi connectivity index (χ1n) is 6.27. The van der Waals surface area contributed by atoms with Crippen molar-refractivity contribution in [2.45, 2.75) is 70.0 Å². The Labute approximate surface area is 87.6 Å². The Hall–Kier alpha value is -0.0800. The van der Waals surface area contributed by atoms with Crippen LogP contribution in [0.5, 0.6) is 0 Å². The number of nitrogens with one attached hydrogen (secondary N) is 1. The van der Waals surface area contributed by atoms with Gasteiger partial charge in [0.25, 0.3) is 0 Å². The summed E-state index contributed by atoms with van der Waals surface area (Å²) in [5.74, 6) is 0.876. The third kappa shape index (κ3) is 2.48. The summed E-state index contributed by atoms with van der Waals surface area (Å²) in [5.41, 5.74) is 5.92. The summed E-state index contributed by atoms with van der Waals surface area (Å²) in [7, 11) is 0. The van der Waals surface area contributed by atoms with Gasteiger partial charge in [-0.2, -0.15) is 0 Å². The fraction of sp³-hybridized carbons (Fsp3) is 1.00. The van der Waals surface area contributed by atoms with Crippen molar-refractivity contribution in [3.63, 3.8) is 0 Å². The van der Waals surface area contributed by atoms with Crippen LogP contribution in [-0.4, -0.2) is 18.1 Å². The average Bonchev–Trinajstić information content (AvgIpc) is 2.56. The second kappa shape index (κ2) is 4.63. The quantitative estimate of drug-likeness (QED) is 0.709. The zero-order valence-electron chi connectivity index (χ0n) is 9.34. The minimum Gasteiger partial charge on any atom is -0.328 e. The molecular formula is C12H24N2. The largest absolute Gasteiger partial charge is 0.328 e. The van der Waals surface area contributed by atoms with E-state index in [9.17, 15) is 0 Å². The molecule has 2 rings (SSSR count). The summed E-state index contributed by atoms with van der Waals surface area (Å²) in [6.07, 6.45) is 9.36. The van der Waals surface area contributed by atoms with Gasteiger partial charge in [-0.15, -0.1) is 0 Å². The van der Waals surface area contributed by atoms with Crippen LogP contribution in [-0.2, 0) is 0 Å². The molecule has 2 fully saturated rings. The van der Waals surface area contributed by atoms with E-state index in [1.807, 2.05) is 0 Å². The average molecular weight is 196 g/mol. The zero-order chi connectivity index (χ0) is 9.97. The highest BCUT2D eigenvalue weighted by atomic mass is 15.0. The van der Waals surface area contributed by atoms with Crippen molar-refractivity contribution in [3.8, 4) is 0 Å². The summed E-state index contributed by atoms with van der Waals surface area (Å²) in [6, 6.07) is 1.96. The van der Waals surface area contributed by atoms with Gasteiger partial charge in [0.2, 0.25) is 0 Å². The molecule has 14 heavy (non-hydrogen) atoms. The maximum Gasteiger partial charge on any atom is 0.00952 e. The zero-order valence-corrected chi connectivity index (χ0v) is 9.34. The van der Waals surface area contributed by atoms with Crippen LogP contribution in [0.1, 0.15) is 51.9 Å². The van der Waals surface area contributed by atoms with Crippen molar-refractivity contribution in [1.29, 1.82) is 0 Å². The molecule has 0 heterocycles. The molecule has 0 radical (unpaired) electrons. The second-order valence-corrected chi connectivity index (χ2v) is 5.30. The van der Waals surface area contributed by atoms with Gasteiger partial charge in [0, 0.05) is 18.1 Å². The number of rotatable bonds is 2. The molecule has 0 bridgehead atoms. The molecule has 0 saturated heterocycles. The number of hydrogen-bond acceptors (Lipinski definition) is 2. The van der Waals surface area contributed by atoms with E-state index >= 15 is 0 Å². The lowest BCUT2D eigenvalue weighted by atomic mass is 9.85. The molecule has 2 heteroatoms. The van der Waals surface area contributed by atoms with Crippen LogP contribution in [0, 0.1) is 5.92 Å². The molecule has 2 aliphatic rings.